The largest absolute Gasteiger partial charge is 0.444 e. The zero-order valence-corrected chi connectivity index (χ0v) is 22.9. The SMILES string of the molecule is CC(C)(C)OC(=O)N[C@@H](CSC(c1ccccc1)(c1ccccc1)c1ccccc1)C(=O)CCCN=[N+]=[N-]. The topological polar surface area (TPSA) is 104 Å². The number of nitrogens with one attached hydrogen (secondary N) is 1. The molecule has 1 amide bonds. The number of carbonyl (C=O) groups excluding carboxylic acids is 2. The summed E-state index contributed by atoms with van der Waals surface area (Å²) >= 11 is 1.60. The fourth-order valence-electron chi connectivity index (χ4n) is 4.18. The van der Waals surface area contributed by atoms with Crippen LogP contribution in [0, 0.1) is 0 Å². The van der Waals surface area contributed by atoms with Gasteiger partial charge in [0.25, 0.3) is 0 Å². The average Bonchev–Trinajstić information content (AvgIpc) is 2.91. The number of rotatable bonds is 12. The standard InChI is InChI=1S/C30H34N4O3S/c1-29(2,3)37-28(36)33-26(27(35)20-13-21-32-34-31)22-38-30(23-14-7-4-8-15-23,24-16-9-5-10-17-24)25-18-11-6-12-19-25/h4-12,14-19,26H,13,20-22H2,1-3H3,(H,33,36)/t26-/m0/s1. The molecule has 198 valence electrons. The van der Waals surface area contributed by atoms with Crippen molar-refractivity contribution in [2.75, 3.05) is 12.3 Å². The number of thioether (sulfide) groups is 1. The Bertz CT molecular complexity index is 1130. The molecule has 3 aromatic carbocycles. The van der Waals surface area contributed by atoms with Crippen LogP contribution >= 0.6 is 11.8 Å². The van der Waals surface area contributed by atoms with Crippen molar-refractivity contribution in [3.8, 4) is 0 Å². The number of amides is 1. The van der Waals surface area contributed by atoms with E-state index in [1.807, 2.05) is 54.6 Å². The van der Waals surface area contributed by atoms with Crippen molar-refractivity contribution in [2.24, 2.45) is 5.11 Å². The van der Waals surface area contributed by atoms with E-state index in [0.717, 1.165) is 16.7 Å². The number of azide groups is 1. The molecule has 1 atom stereocenters. The first-order valence-electron chi connectivity index (χ1n) is 12.6. The van der Waals surface area contributed by atoms with Crippen LogP contribution in [-0.2, 0) is 14.3 Å². The van der Waals surface area contributed by atoms with Gasteiger partial charge in [0.15, 0.2) is 5.78 Å². The predicted molar refractivity (Wildman–Crippen MR) is 153 cm³/mol. The van der Waals surface area contributed by atoms with Crippen LogP contribution in [0.15, 0.2) is 96.1 Å². The minimum atomic E-state index is -0.795. The van der Waals surface area contributed by atoms with E-state index in [-0.39, 0.29) is 18.7 Å². The maximum atomic E-state index is 13.3. The lowest BCUT2D eigenvalue weighted by Gasteiger charge is -2.36. The maximum Gasteiger partial charge on any atom is 0.408 e. The van der Waals surface area contributed by atoms with Crippen molar-refractivity contribution in [1.29, 1.82) is 0 Å². The number of alkyl carbamates (subject to hydrolysis) is 1. The highest BCUT2D eigenvalue weighted by Gasteiger charge is 2.38. The number of ketones is 1. The average molecular weight is 531 g/mol. The fraction of sp³-hybridized carbons (Fsp3) is 0.333. The van der Waals surface area contributed by atoms with Gasteiger partial charge in [-0.1, -0.05) is 96.1 Å². The highest BCUT2D eigenvalue weighted by atomic mass is 32.2. The van der Waals surface area contributed by atoms with Crippen LogP contribution in [0.5, 0.6) is 0 Å². The van der Waals surface area contributed by atoms with E-state index in [4.69, 9.17) is 10.3 Å². The summed E-state index contributed by atoms with van der Waals surface area (Å²) in [5.74, 6) is 0.165. The van der Waals surface area contributed by atoms with E-state index in [1.54, 1.807) is 32.5 Å². The summed E-state index contributed by atoms with van der Waals surface area (Å²) in [5.41, 5.74) is 11.1. The Kier molecular flexibility index (Phi) is 10.4. The molecule has 3 rings (SSSR count). The molecule has 0 heterocycles. The molecule has 0 aliphatic rings. The number of nitrogens with zero attached hydrogens (tertiary/aromatic N) is 3. The summed E-state index contributed by atoms with van der Waals surface area (Å²) in [5, 5.41) is 6.33. The van der Waals surface area contributed by atoms with Gasteiger partial charge in [-0.2, -0.15) is 0 Å². The Morgan fingerprint density at radius 2 is 1.37 bits per heavy atom. The Balaban J connectivity index is 2.01. The lowest BCUT2D eigenvalue weighted by molar-refractivity contribution is -0.120. The van der Waals surface area contributed by atoms with Gasteiger partial charge in [0, 0.05) is 23.6 Å². The summed E-state index contributed by atoms with van der Waals surface area (Å²) in [7, 11) is 0. The van der Waals surface area contributed by atoms with E-state index in [1.165, 1.54) is 0 Å². The fourth-order valence-corrected chi connectivity index (χ4v) is 5.78. The molecule has 3 aromatic rings. The lowest BCUT2D eigenvalue weighted by Crippen LogP contribution is -2.46. The Morgan fingerprint density at radius 1 is 0.895 bits per heavy atom. The second kappa shape index (κ2) is 13.7. The van der Waals surface area contributed by atoms with Crippen LogP contribution in [-0.4, -0.2) is 35.8 Å². The van der Waals surface area contributed by atoms with Crippen LogP contribution in [0.3, 0.4) is 0 Å². The highest BCUT2D eigenvalue weighted by Crippen LogP contribution is 2.48. The van der Waals surface area contributed by atoms with Gasteiger partial charge in [-0.3, -0.25) is 4.79 Å². The van der Waals surface area contributed by atoms with Gasteiger partial charge in [-0.15, -0.1) is 11.8 Å². The number of carbonyl (C=O) groups is 2. The van der Waals surface area contributed by atoms with Crippen LogP contribution in [0.2, 0.25) is 0 Å². The third-order valence-electron chi connectivity index (χ3n) is 5.83. The first kappa shape index (κ1) is 28.8. The molecule has 0 radical (unpaired) electrons. The smallest absolute Gasteiger partial charge is 0.408 e. The highest BCUT2D eigenvalue weighted by molar-refractivity contribution is 8.00. The van der Waals surface area contributed by atoms with E-state index in [9.17, 15) is 9.59 Å². The number of Topliss-reactive ketones (excluding diaryl/α,β-unsaturated/α-hetero) is 1. The third-order valence-corrected chi connectivity index (χ3v) is 7.47. The van der Waals surface area contributed by atoms with Gasteiger partial charge in [0.2, 0.25) is 0 Å². The van der Waals surface area contributed by atoms with Gasteiger partial charge < -0.3 is 10.1 Å². The zero-order valence-electron chi connectivity index (χ0n) is 22.0. The molecule has 0 saturated carbocycles. The zero-order chi connectivity index (χ0) is 27.4. The molecule has 0 spiro atoms. The number of benzene rings is 3. The van der Waals surface area contributed by atoms with Crippen LogP contribution in [0.4, 0.5) is 4.79 Å². The van der Waals surface area contributed by atoms with Gasteiger partial charge >= 0.3 is 6.09 Å². The van der Waals surface area contributed by atoms with Crippen LogP contribution < -0.4 is 5.32 Å². The first-order valence-corrected chi connectivity index (χ1v) is 13.6. The third kappa shape index (κ3) is 7.88. The van der Waals surface area contributed by atoms with Crippen molar-refractivity contribution in [1.82, 2.24) is 5.32 Å². The lowest BCUT2D eigenvalue weighted by atomic mass is 9.84. The van der Waals surface area contributed by atoms with Crippen LogP contribution in [0.25, 0.3) is 10.4 Å². The summed E-state index contributed by atoms with van der Waals surface area (Å²) in [6, 6.07) is 29.7. The molecule has 38 heavy (non-hydrogen) atoms. The minimum absolute atomic E-state index is 0.139. The normalized spacial score (nSPS) is 12.2. The van der Waals surface area contributed by atoms with Crippen molar-refractivity contribution in [3.63, 3.8) is 0 Å². The molecule has 0 saturated heterocycles. The van der Waals surface area contributed by atoms with E-state index < -0.39 is 22.5 Å². The van der Waals surface area contributed by atoms with Crippen LogP contribution in [0.1, 0.15) is 50.3 Å². The molecule has 0 aliphatic heterocycles. The van der Waals surface area contributed by atoms with E-state index in [0.29, 0.717) is 12.2 Å². The number of ether oxygens (including phenoxy) is 1. The van der Waals surface area contributed by atoms with Crippen molar-refractivity contribution in [2.45, 2.75) is 50.0 Å². The van der Waals surface area contributed by atoms with Gasteiger partial charge in [-0.05, 0) is 49.4 Å². The second-order valence-corrected chi connectivity index (χ2v) is 11.0. The first-order chi connectivity index (χ1) is 18.3. The molecule has 7 nitrogen and oxygen atoms in total. The van der Waals surface area contributed by atoms with Crippen molar-refractivity contribution < 1.29 is 14.3 Å². The molecule has 0 fully saturated rings. The van der Waals surface area contributed by atoms with E-state index in [2.05, 4.69) is 51.7 Å². The second-order valence-electron chi connectivity index (χ2n) is 9.81. The van der Waals surface area contributed by atoms with Gasteiger partial charge in [0.05, 0.1) is 10.8 Å². The molecular formula is C30H34N4O3S. The summed E-state index contributed by atoms with van der Waals surface area (Å²) in [6.45, 7) is 5.56. The van der Waals surface area contributed by atoms with Gasteiger partial charge in [-0.25, -0.2) is 4.79 Å². The number of hydrogen-bond acceptors (Lipinski definition) is 5. The quantitative estimate of drug-likeness (QED) is 0.0874. The van der Waals surface area contributed by atoms with Gasteiger partial charge in [0.1, 0.15) is 5.60 Å². The Morgan fingerprint density at radius 3 is 1.79 bits per heavy atom. The molecule has 0 aliphatic carbocycles. The summed E-state index contributed by atoms with van der Waals surface area (Å²) in [6.07, 6.45) is -0.0627. The Labute approximate surface area is 228 Å². The summed E-state index contributed by atoms with van der Waals surface area (Å²) in [4.78, 5) is 28.8. The predicted octanol–water partition coefficient (Wildman–Crippen LogP) is 7.26. The molecule has 1 N–H and O–H groups in total. The molecular weight excluding hydrogens is 496 g/mol. The Hall–Kier alpha value is -3.74. The monoisotopic (exact) mass is 530 g/mol. The molecule has 0 unspecified atom stereocenters. The summed E-state index contributed by atoms with van der Waals surface area (Å²) < 4.78 is 4.83. The minimum Gasteiger partial charge on any atom is -0.444 e. The maximum absolute atomic E-state index is 13.3. The number of hydrogen-bond donors (Lipinski definition) is 1. The van der Waals surface area contributed by atoms with E-state index >= 15 is 0 Å². The molecule has 0 aromatic heterocycles. The van der Waals surface area contributed by atoms with Crippen molar-refractivity contribution >= 4 is 23.6 Å². The molecule has 8 heteroatoms. The van der Waals surface area contributed by atoms with Crippen molar-refractivity contribution in [3.05, 3.63) is 118 Å². The molecule has 0 bridgehead atoms.